The first-order chi connectivity index (χ1) is 19.9. The molecule has 1 atom stereocenters. The van der Waals surface area contributed by atoms with Gasteiger partial charge in [0.25, 0.3) is 11.5 Å². The molecule has 1 aliphatic rings. The Labute approximate surface area is 242 Å². The van der Waals surface area contributed by atoms with Gasteiger partial charge in [-0.2, -0.15) is 0 Å². The van der Waals surface area contributed by atoms with E-state index < -0.39 is 6.04 Å². The molecule has 0 aliphatic carbocycles. The molecule has 212 valence electrons. The third kappa shape index (κ3) is 4.91. The lowest BCUT2D eigenvalue weighted by Gasteiger charge is -2.30. The summed E-state index contributed by atoms with van der Waals surface area (Å²) in [7, 11) is 4.77. The van der Waals surface area contributed by atoms with E-state index >= 15 is 0 Å². The van der Waals surface area contributed by atoms with Gasteiger partial charge in [-0.05, 0) is 61.9 Å². The number of likely N-dealkylation sites (N-methyl/N-ethyl adjacent to an activating group) is 1. The van der Waals surface area contributed by atoms with Gasteiger partial charge in [0.05, 0.1) is 37.1 Å². The molecular weight excluding hydrogens is 538 g/mol. The van der Waals surface area contributed by atoms with Crippen LogP contribution in [0.1, 0.15) is 37.9 Å². The van der Waals surface area contributed by atoms with E-state index in [1.165, 1.54) is 11.3 Å². The van der Waals surface area contributed by atoms with Crippen molar-refractivity contribution in [1.82, 2.24) is 9.47 Å². The van der Waals surface area contributed by atoms with Crippen molar-refractivity contribution in [3.05, 3.63) is 96.7 Å². The highest BCUT2D eigenvalue weighted by molar-refractivity contribution is 7.07. The number of thiazole rings is 1. The van der Waals surface area contributed by atoms with Crippen LogP contribution < -0.4 is 29.1 Å². The van der Waals surface area contributed by atoms with E-state index in [1.54, 1.807) is 42.9 Å². The smallest absolute Gasteiger partial charge is 0.271 e. The largest absolute Gasteiger partial charge is 0.497 e. The third-order valence-corrected chi connectivity index (χ3v) is 8.44. The highest BCUT2D eigenvalue weighted by Gasteiger charge is 2.36. The Morgan fingerprint density at radius 3 is 2.39 bits per heavy atom. The first-order valence-electron chi connectivity index (χ1n) is 13.5. The number of rotatable bonds is 8. The summed E-state index contributed by atoms with van der Waals surface area (Å²) in [5, 5.41) is 2.01. The van der Waals surface area contributed by atoms with Gasteiger partial charge in [0, 0.05) is 24.2 Å². The van der Waals surface area contributed by atoms with Gasteiger partial charge in [-0.25, -0.2) is 4.99 Å². The lowest BCUT2D eigenvalue weighted by Crippen LogP contribution is -2.43. The molecule has 0 bridgehead atoms. The molecule has 8 nitrogen and oxygen atoms in total. The number of hydrogen-bond donors (Lipinski definition) is 0. The van der Waals surface area contributed by atoms with Gasteiger partial charge in [-0.3, -0.25) is 14.2 Å². The zero-order valence-electron chi connectivity index (χ0n) is 24.1. The second-order valence-corrected chi connectivity index (χ2v) is 10.6. The van der Waals surface area contributed by atoms with Crippen LogP contribution in [0.3, 0.4) is 0 Å². The molecular formula is C32H33N3O5S. The average Bonchev–Trinajstić information content (AvgIpc) is 3.30. The van der Waals surface area contributed by atoms with Gasteiger partial charge in [0.1, 0.15) is 23.3 Å². The number of fused-ring (bicyclic) bond motifs is 2. The van der Waals surface area contributed by atoms with E-state index in [2.05, 4.69) is 0 Å². The highest BCUT2D eigenvalue weighted by atomic mass is 32.1. The molecule has 4 aromatic rings. The fourth-order valence-electron chi connectivity index (χ4n) is 5.36. The topological polar surface area (TPSA) is 82.4 Å². The number of carbonyl (C=O) groups excluding carboxylic acids is 1. The molecule has 0 spiro atoms. The summed E-state index contributed by atoms with van der Waals surface area (Å²) >= 11 is 1.29. The van der Waals surface area contributed by atoms with Crippen molar-refractivity contribution in [3.63, 3.8) is 0 Å². The molecule has 0 N–H and O–H groups in total. The molecule has 41 heavy (non-hydrogen) atoms. The number of nitrogens with zero attached hydrogens (tertiary/aromatic N) is 3. The summed E-state index contributed by atoms with van der Waals surface area (Å²) in [6, 6.07) is 16.5. The number of allylic oxidation sites excluding steroid dienone is 1. The lowest BCUT2D eigenvalue weighted by atomic mass is 9.93. The Balaban J connectivity index is 1.83. The number of aromatic nitrogens is 1. The van der Waals surface area contributed by atoms with Crippen molar-refractivity contribution in [1.29, 1.82) is 0 Å². The SMILES string of the molecule is CCN(CC)C(=O)C1=C(C)N=c2s/c(=C/c3c(OC)ccc4ccccc34)c(=O)n2[C@H]1c1cc(OC)ccc1OC. The number of methoxy groups -OCH3 is 3. The van der Waals surface area contributed by atoms with Crippen LogP contribution in [0, 0.1) is 0 Å². The minimum absolute atomic E-state index is 0.170. The van der Waals surface area contributed by atoms with Crippen LogP contribution in [0.25, 0.3) is 16.8 Å². The highest BCUT2D eigenvalue weighted by Crippen LogP contribution is 2.38. The average molecular weight is 572 g/mol. The molecule has 1 aliphatic heterocycles. The zero-order chi connectivity index (χ0) is 29.3. The number of carbonyl (C=O) groups is 1. The molecule has 0 saturated carbocycles. The van der Waals surface area contributed by atoms with Gasteiger partial charge < -0.3 is 19.1 Å². The van der Waals surface area contributed by atoms with Gasteiger partial charge in [-0.15, -0.1) is 0 Å². The standard InChI is InChI=1S/C32H33N3O5S/c1-7-34(8-2)31(37)28-19(3)33-32-35(29(28)24-17-21(38-4)14-16-26(24)40-6)30(36)27(41-32)18-23-22-12-10-9-11-20(22)13-15-25(23)39-5/h9-18,29H,7-8H2,1-6H3/b27-18+/t29-/m0/s1. The predicted octanol–water partition coefficient (Wildman–Crippen LogP) is 4.28. The third-order valence-electron chi connectivity index (χ3n) is 7.46. The van der Waals surface area contributed by atoms with Crippen molar-refractivity contribution < 1.29 is 19.0 Å². The molecule has 9 heteroatoms. The first kappa shape index (κ1) is 28.2. The van der Waals surface area contributed by atoms with Gasteiger partial charge >= 0.3 is 0 Å². The Morgan fingerprint density at radius 1 is 1.00 bits per heavy atom. The molecule has 0 radical (unpaired) electrons. The van der Waals surface area contributed by atoms with E-state index in [9.17, 15) is 9.59 Å². The van der Waals surface area contributed by atoms with E-state index in [1.807, 2.05) is 69.3 Å². The fourth-order valence-corrected chi connectivity index (χ4v) is 6.39. The molecule has 0 fully saturated rings. The van der Waals surface area contributed by atoms with Crippen LogP contribution in [0.4, 0.5) is 0 Å². The Kier molecular flexibility index (Phi) is 7.99. The van der Waals surface area contributed by atoms with Crippen LogP contribution in [-0.2, 0) is 4.79 Å². The second kappa shape index (κ2) is 11.6. The van der Waals surface area contributed by atoms with Crippen LogP contribution in [-0.4, -0.2) is 49.8 Å². The molecule has 3 aromatic carbocycles. The first-order valence-corrected chi connectivity index (χ1v) is 14.3. The Morgan fingerprint density at radius 2 is 1.71 bits per heavy atom. The summed E-state index contributed by atoms with van der Waals surface area (Å²) in [6.07, 6.45) is 1.86. The summed E-state index contributed by atoms with van der Waals surface area (Å²) < 4.78 is 19.0. The van der Waals surface area contributed by atoms with Gasteiger partial charge in [0.2, 0.25) is 0 Å². The zero-order valence-corrected chi connectivity index (χ0v) is 24.9. The molecule has 1 aromatic heterocycles. The number of benzene rings is 3. The summed E-state index contributed by atoms with van der Waals surface area (Å²) in [6.45, 7) is 6.75. The summed E-state index contributed by atoms with van der Waals surface area (Å²) in [5.74, 6) is 1.62. The second-order valence-electron chi connectivity index (χ2n) is 9.57. The monoisotopic (exact) mass is 571 g/mol. The molecule has 0 saturated heterocycles. The van der Waals surface area contributed by atoms with E-state index in [0.29, 0.717) is 56.5 Å². The maximum atomic E-state index is 14.3. The van der Waals surface area contributed by atoms with Gasteiger partial charge in [0.15, 0.2) is 4.80 Å². The maximum absolute atomic E-state index is 14.3. The van der Waals surface area contributed by atoms with E-state index in [0.717, 1.165) is 16.3 Å². The molecule has 0 unspecified atom stereocenters. The molecule has 2 heterocycles. The van der Waals surface area contributed by atoms with Crippen molar-refractivity contribution in [2.75, 3.05) is 34.4 Å². The Hall–Kier alpha value is -4.37. The minimum Gasteiger partial charge on any atom is -0.497 e. The lowest BCUT2D eigenvalue weighted by molar-refractivity contribution is -0.127. The van der Waals surface area contributed by atoms with Crippen LogP contribution >= 0.6 is 11.3 Å². The molecule has 5 rings (SSSR count). The van der Waals surface area contributed by atoms with Crippen molar-refractivity contribution >= 4 is 34.1 Å². The van der Waals surface area contributed by atoms with Crippen molar-refractivity contribution in [3.8, 4) is 17.2 Å². The Bertz CT molecular complexity index is 1850. The van der Waals surface area contributed by atoms with Crippen LogP contribution in [0.5, 0.6) is 17.2 Å². The molecule has 1 amide bonds. The predicted molar refractivity (Wildman–Crippen MR) is 162 cm³/mol. The fraction of sp³-hybridized carbons (Fsp3) is 0.281. The number of hydrogen-bond acceptors (Lipinski definition) is 7. The minimum atomic E-state index is -0.763. The number of amides is 1. The van der Waals surface area contributed by atoms with E-state index in [4.69, 9.17) is 19.2 Å². The van der Waals surface area contributed by atoms with E-state index in [-0.39, 0.29) is 11.5 Å². The number of ether oxygens (including phenoxy) is 3. The normalized spacial score (nSPS) is 15.0. The summed E-state index contributed by atoms with van der Waals surface area (Å²) in [5.41, 5.74) is 2.19. The van der Waals surface area contributed by atoms with Gasteiger partial charge in [-0.1, -0.05) is 41.7 Å². The summed E-state index contributed by atoms with van der Waals surface area (Å²) in [4.78, 5) is 35.3. The van der Waals surface area contributed by atoms with Crippen molar-refractivity contribution in [2.24, 2.45) is 4.99 Å². The van der Waals surface area contributed by atoms with Crippen LogP contribution in [0.15, 0.2) is 75.7 Å². The van der Waals surface area contributed by atoms with Crippen LogP contribution in [0.2, 0.25) is 0 Å². The quantitative estimate of drug-likeness (QED) is 0.315. The maximum Gasteiger partial charge on any atom is 0.271 e. The van der Waals surface area contributed by atoms with Crippen molar-refractivity contribution in [2.45, 2.75) is 26.8 Å².